The topological polar surface area (TPSA) is 15.3 Å². The first-order valence-electron chi connectivity index (χ1n) is 5.38. The van der Waals surface area contributed by atoms with E-state index < -0.39 is 0 Å². The van der Waals surface area contributed by atoms with Gasteiger partial charge in [-0.05, 0) is 41.2 Å². The molecule has 0 radical (unpaired) electrons. The summed E-state index contributed by atoms with van der Waals surface area (Å²) in [6.45, 7) is 7.90. The van der Waals surface area contributed by atoms with Gasteiger partial charge in [0, 0.05) is 41.1 Å². The standard InChI is InChI=1S/C11H17BrN2S.ClH/c1-8-9(2)14(5-4-13-8)7-11-10(12)3-6-15-11;/h3,6,8-9,13H,4-5,7H2,1-2H3;1H. The molecule has 1 fully saturated rings. The van der Waals surface area contributed by atoms with Crippen molar-refractivity contribution in [2.24, 2.45) is 0 Å². The minimum Gasteiger partial charge on any atom is -0.311 e. The van der Waals surface area contributed by atoms with E-state index in [1.807, 2.05) is 11.3 Å². The van der Waals surface area contributed by atoms with E-state index in [4.69, 9.17) is 0 Å². The highest BCUT2D eigenvalue weighted by molar-refractivity contribution is 9.10. The monoisotopic (exact) mass is 324 g/mol. The van der Waals surface area contributed by atoms with Gasteiger partial charge in [-0.1, -0.05) is 0 Å². The molecule has 2 rings (SSSR count). The average molecular weight is 326 g/mol. The molecule has 1 aromatic heterocycles. The Kier molecular flexibility index (Phi) is 5.74. The highest BCUT2D eigenvalue weighted by Gasteiger charge is 2.24. The lowest BCUT2D eigenvalue weighted by atomic mass is 10.1. The number of piperazine rings is 1. The number of hydrogen-bond donors (Lipinski definition) is 1. The normalized spacial score (nSPS) is 26.4. The van der Waals surface area contributed by atoms with Gasteiger partial charge in [-0.25, -0.2) is 0 Å². The molecule has 0 bridgehead atoms. The van der Waals surface area contributed by atoms with E-state index in [0.29, 0.717) is 12.1 Å². The van der Waals surface area contributed by atoms with Crippen LogP contribution in [0.1, 0.15) is 18.7 Å². The lowest BCUT2D eigenvalue weighted by molar-refractivity contribution is 0.132. The zero-order chi connectivity index (χ0) is 10.8. The van der Waals surface area contributed by atoms with Gasteiger partial charge in [0.25, 0.3) is 0 Å². The SMILES string of the molecule is CC1NCCN(Cc2sccc2Br)C1C.Cl. The lowest BCUT2D eigenvalue weighted by Gasteiger charge is -2.38. The third-order valence-corrected chi connectivity index (χ3v) is 5.11. The number of thiophene rings is 1. The summed E-state index contributed by atoms with van der Waals surface area (Å²) >= 11 is 5.43. The van der Waals surface area contributed by atoms with Gasteiger partial charge in [-0.3, -0.25) is 4.90 Å². The predicted octanol–water partition coefficient (Wildman–Crippen LogP) is 3.11. The first kappa shape index (κ1) is 14.5. The molecule has 1 saturated heterocycles. The summed E-state index contributed by atoms with van der Waals surface area (Å²) in [5.41, 5.74) is 0. The molecule has 0 saturated carbocycles. The number of hydrogen-bond acceptors (Lipinski definition) is 3. The summed E-state index contributed by atoms with van der Waals surface area (Å²) in [7, 11) is 0. The highest BCUT2D eigenvalue weighted by atomic mass is 79.9. The van der Waals surface area contributed by atoms with Gasteiger partial charge in [0.2, 0.25) is 0 Å². The van der Waals surface area contributed by atoms with E-state index in [2.05, 4.69) is 51.4 Å². The van der Waals surface area contributed by atoms with Crippen LogP contribution in [-0.2, 0) is 6.54 Å². The second-order valence-corrected chi connectivity index (χ2v) is 6.00. The van der Waals surface area contributed by atoms with Crippen LogP contribution in [0.4, 0.5) is 0 Å². The van der Waals surface area contributed by atoms with E-state index in [1.165, 1.54) is 9.35 Å². The van der Waals surface area contributed by atoms with E-state index in [1.54, 1.807) is 0 Å². The molecule has 2 nitrogen and oxygen atoms in total. The van der Waals surface area contributed by atoms with Crippen molar-refractivity contribution >= 4 is 39.7 Å². The Hall–Kier alpha value is 0.390. The molecule has 2 atom stereocenters. The van der Waals surface area contributed by atoms with Gasteiger partial charge in [0.05, 0.1) is 0 Å². The molecule has 16 heavy (non-hydrogen) atoms. The minimum atomic E-state index is 0. The van der Waals surface area contributed by atoms with Crippen molar-refractivity contribution < 1.29 is 0 Å². The summed E-state index contributed by atoms with van der Waals surface area (Å²) in [6, 6.07) is 3.35. The maximum Gasteiger partial charge on any atom is 0.0343 e. The van der Waals surface area contributed by atoms with Crippen molar-refractivity contribution in [3.63, 3.8) is 0 Å². The molecule has 2 heterocycles. The predicted molar refractivity (Wildman–Crippen MR) is 76.6 cm³/mol. The summed E-state index contributed by atoms with van der Waals surface area (Å²) in [5, 5.41) is 5.65. The first-order chi connectivity index (χ1) is 7.18. The molecule has 0 spiro atoms. The molecule has 5 heteroatoms. The van der Waals surface area contributed by atoms with Gasteiger partial charge in [-0.2, -0.15) is 0 Å². The molecule has 0 aliphatic carbocycles. The molecule has 1 aliphatic rings. The first-order valence-corrected chi connectivity index (χ1v) is 7.05. The fraction of sp³-hybridized carbons (Fsp3) is 0.636. The van der Waals surface area contributed by atoms with Crippen LogP contribution in [0.25, 0.3) is 0 Å². The molecule has 1 aromatic rings. The number of halogens is 2. The Morgan fingerprint density at radius 2 is 2.31 bits per heavy atom. The smallest absolute Gasteiger partial charge is 0.0343 e. The number of rotatable bonds is 2. The largest absolute Gasteiger partial charge is 0.311 e. The summed E-state index contributed by atoms with van der Waals surface area (Å²) in [5.74, 6) is 0. The fourth-order valence-electron chi connectivity index (χ4n) is 1.97. The van der Waals surface area contributed by atoms with Crippen molar-refractivity contribution in [1.29, 1.82) is 0 Å². The Morgan fingerprint density at radius 3 is 2.94 bits per heavy atom. The zero-order valence-corrected chi connectivity index (χ0v) is 12.8. The summed E-state index contributed by atoms with van der Waals surface area (Å²) in [4.78, 5) is 3.99. The van der Waals surface area contributed by atoms with Gasteiger partial charge in [-0.15, -0.1) is 23.7 Å². The summed E-state index contributed by atoms with van der Waals surface area (Å²) < 4.78 is 1.26. The van der Waals surface area contributed by atoms with Crippen molar-refractivity contribution in [3.8, 4) is 0 Å². The molecule has 0 aromatic carbocycles. The van der Waals surface area contributed by atoms with Crippen LogP contribution >= 0.6 is 39.7 Å². The van der Waals surface area contributed by atoms with Crippen molar-refractivity contribution in [3.05, 3.63) is 20.8 Å². The van der Waals surface area contributed by atoms with Crippen molar-refractivity contribution in [2.75, 3.05) is 13.1 Å². The molecule has 0 amide bonds. The second-order valence-electron chi connectivity index (χ2n) is 4.15. The fourth-order valence-corrected chi connectivity index (χ4v) is 3.47. The second kappa shape index (κ2) is 6.36. The minimum absolute atomic E-state index is 0. The average Bonchev–Trinajstić information content (AvgIpc) is 2.60. The lowest BCUT2D eigenvalue weighted by Crippen LogP contribution is -2.54. The molecular weight excluding hydrogens is 308 g/mol. The van der Waals surface area contributed by atoms with E-state index in [-0.39, 0.29) is 12.4 Å². The van der Waals surface area contributed by atoms with Gasteiger partial charge in [0.1, 0.15) is 0 Å². The van der Waals surface area contributed by atoms with Gasteiger partial charge < -0.3 is 5.32 Å². The van der Waals surface area contributed by atoms with Crippen molar-refractivity contribution in [1.82, 2.24) is 10.2 Å². The highest BCUT2D eigenvalue weighted by Crippen LogP contribution is 2.25. The van der Waals surface area contributed by atoms with Crippen LogP contribution in [0.2, 0.25) is 0 Å². The van der Waals surface area contributed by atoms with Crippen LogP contribution < -0.4 is 5.32 Å². The maximum absolute atomic E-state index is 3.60. The van der Waals surface area contributed by atoms with Crippen LogP contribution in [0.5, 0.6) is 0 Å². The number of nitrogens with one attached hydrogen (secondary N) is 1. The molecule has 2 unspecified atom stereocenters. The van der Waals surface area contributed by atoms with Crippen LogP contribution in [-0.4, -0.2) is 30.1 Å². The van der Waals surface area contributed by atoms with E-state index >= 15 is 0 Å². The Labute approximate surface area is 116 Å². The third-order valence-electron chi connectivity index (χ3n) is 3.20. The quantitative estimate of drug-likeness (QED) is 0.899. The Bertz CT molecular complexity index is 332. The Balaban J connectivity index is 0.00000128. The van der Waals surface area contributed by atoms with E-state index in [0.717, 1.165) is 19.6 Å². The molecular formula is C11H18BrClN2S. The Morgan fingerprint density at radius 1 is 1.56 bits per heavy atom. The summed E-state index contributed by atoms with van der Waals surface area (Å²) in [6.07, 6.45) is 0. The molecule has 1 N–H and O–H groups in total. The van der Waals surface area contributed by atoms with Crippen LogP contribution in [0.15, 0.2) is 15.9 Å². The van der Waals surface area contributed by atoms with Gasteiger partial charge >= 0.3 is 0 Å². The molecule has 92 valence electrons. The van der Waals surface area contributed by atoms with Crippen LogP contribution in [0, 0.1) is 0 Å². The molecule has 1 aliphatic heterocycles. The number of nitrogens with zero attached hydrogens (tertiary/aromatic N) is 1. The maximum atomic E-state index is 3.60. The van der Waals surface area contributed by atoms with Crippen molar-refractivity contribution in [2.45, 2.75) is 32.5 Å². The third kappa shape index (κ3) is 3.20. The van der Waals surface area contributed by atoms with Gasteiger partial charge in [0.15, 0.2) is 0 Å². The van der Waals surface area contributed by atoms with Crippen LogP contribution in [0.3, 0.4) is 0 Å². The van der Waals surface area contributed by atoms with E-state index in [9.17, 15) is 0 Å². The zero-order valence-electron chi connectivity index (χ0n) is 9.57.